The lowest BCUT2D eigenvalue weighted by atomic mass is 9.97. The van der Waals surface area contributed by atoms with Crippen LogP contribution in [0.3, 0.4) is 0 Å². The minimum absolute atomic E-state index is 0.0450. The van der Waals surface area contributed by atoms with Crippen molar-refractivity contribution in [2.75, 3.05) is 26.3 Å². The third-order valence-electron chi connectivity index (χ3n) is 5.03. The predicted octanol–water partition coefficient (Wildman–Crippen LogP) is 1.79. The lowest BCUT2D eigenvalue weighted by Crippen LogP contribution is -2.40. The molecule has 1 aromatic heterocycles. The van der Waals surface area contributed by atoms with Crippen LogP contribution in [0.4, 0.5) is 0 Å². The Kier molecular flexibility index (Phi) is 4.93. The number of imidazole rings is 1. The predicted molar refractivity (Wildman–Crippen MR) is 83.0 cm³/mol. The summed E-state index contributed by atoms with van der Waals surface area (Å²) in [6.07, 6.45) is 8.98. The van der Waals surface area contributed by atoms with Gasteiger partial charge in [0.25, 0.3) is 0 Å². The summed E-state index contributed by atoms with van der Waals surface area (Å²) >= 11 is 0. The van der Waals surface area contributed by atoms with Gasteiger partial charge in [-0.1, -0.05) is 6.42 Å². The number of aromatic nitrogens is 2. The van der Waals surface area contributed by atoms with E-state index >= 15 is 0 Å². The molecule has 2 fully saturated rings. The normalized spacial score (nSPS) is 26.9. The van der Waals surface area contributed by atoms with Crippen molar-refractivity contribution < 1.29 is 4.74 Å². The van der Waals surface area contributed by atoms with Gasteiger partial charge in [-0.25, -0.2) is 4.98 Å². The molecule has 2 aliphatic rings. The molecule has 118 valence electrons. The number of rotatable bonds is 5. The summed E-state index contributed by atoms with van der Waals surface area (Å²) in [6, 6.07) is 0.592. The first-order valence-corrected chi connectivity index (χ1v) is 8.33. The van der Waals surface area contributed by atoms with Gasteiger partial charge in [-0.15, -0.1) is 0 Å². The van der Waals surface area contributed by atoms with Crippen molar-refractivity contribution in [2.45, 2.75) is 51.2 Å². The first kappa shape index (κ1) is 15.0. The molecule has 3 atom stereocenters. The van der Waals surface area contributed by atoms with Crippen molar-refractivity contribution in [1.82, 2.24) is 14.5 Å². The van der Waals surface area contributed by atoms with Gasteiger partial charge in [0.2, 0.25) is 0 Å². The van der Waals surface area contributed by atoms with Crippen molar-refractivity contribution in [2.24, 2.45) is 11.7 Å². The Balaban J connectivity index is 1.64. The molecule has 21 heavy (non-hydrogen) atoms. The quantitative estimate of drug-likeness (QED) is 0.899. The minimum atomic E-state index is 0.0450. The second kappa shape index (κ2) is 6.90. The van der Waals surface area contributed by atoms with Crippen LogP contribution in [-0.2, 0) is 11.3 Å². The molecule has 0 saturated carbocycles. The van der Waals surface area contributed by atoms with Gasteiger partial charge in [0, 0.05) is 31.3 Å². The summed E-state index contributed by atoms with van der Waals surface area (Å²) in [6.45, 7) is 7.39. The van der Waals surface area contributed by atoms with Crippen molar-refractivity contribution in [1.29, 1.82) is 0 Å². The summed E-state index contributed by atoms with van der Waals surface area (Å²) in [4.78, 5) is 6.93. The Bertz CT molecular complexity index is 435. The molecule has 1 aromatic rings. The van der Waals surface area contributed by atoms with Crippen molar-refractivity contribution in [3.8, 4) is 0 Å². The van der Waals surface area contributed by atoms with E-state index in [9.17, 15) is 0 Å². The van der Waals surface area contributed by atoms with E-state index in [2.05, 4.69) is 21.4 Å². The molecule has 0 amide bonds. The van der Waals surface area contributed by atoms with Crippen LogP contribution in [0.15, 0.2) is 12.5 Å². The second-order valence-electron chi connectivity index (χ2n) is 6.57. The summed E-state index contributed by atoms with van der Waals surface area (Å²) in [5, 5.41) is 0. The molecule has 5 heteroatoms. The Morgan fingerprint density at radius 1 is 1.38 bits per heavy atom. The van der Waals surface area contributed by atoms with E-state index in [1.807, 2.05) is 12.5 Å². The molecule has 2 N–H and O–H groups in total. The van der Waals surface area contributed by atoms with Crippen LogP contribution in [0.1, 0.15) is 44.3 Å². The molecule has 5 nitrogen and oxygen atoms in total. The molecule has 0 bridgehead atoms. The third kappa shape index (κ3) is 3.47. The van der Waals surface area contributed by atoms with Gasteiger partial charge < -0.3 is 15.0 Å². The molecular formula is C16H28N4O. The molecule has 3 heterocycles. The van der Waals surface area contributed by atoms with Gasteiger partial charge in [0.05, 0.1) is 24.7 Å². The SMILES string of the molecule is CC(Cn1cncc1C(N)C1CCOC1)N1CCCCC1. The van der Waals surface area contributed by atoms with Crippen LogP contribution in [-0.4, -0.2) is 46.8 Å². The third-order valence-corrected chi connectivity index (χ3v) is 5.03. The average molecular weight is 292 g/mol. The molecule has 2 saturated heterocycles. The number of nitrogens with zero attached hydrogens (tertiary/aromatic N) is 3. The Labute approximate surface area is 127 Å². The average Bonchev–Trinajstić information content (AvgIpc) is 3.19. The molecular weight excluding hydrogens is 264 g/mol. The Morgan fingerprint density at radius 3 is 2.90 bits per heavy atom. The maximum atomic E-state index is 6.45. The van der Waals surface area contributed by atoms with E-state index < -0.39 is 0 Å². The molecule has 0 spiro atoms. The van der Waals surface area contributed by atoms with Gasteiger partial charge >= 0.3 is 0 Å². The van der Waals surface area contributed by atoms with Crippen LogP contribution >= 0.6 is 0 Å². The van der Waals surface area contributed by atoms with Crippen molar-refractivity contribution in [3.05, 3.63) is 18.2 Å². The fourth-order valence-corrected chi connectivity index (χ4v) is 3.60. The monoisotopic (exact) mass is 292 g/mol. The topological polar surface area (TPSA) is 56.3 Å². The van der Waals surface area contributed by atoms with Crippen LogP contribution in [0.25, 0.3) is 0 Å². The van der Waals surface area contributed by atoms with E-state index in [1.165, 1.54) is 32.4 Å². The van der Waals surface area contributed by atoms with Crippen LogP contribution in [0.2, 0.25) is 0 Å². The number of nitrogens with two attached hydrogens (primary N) is 1. The molecule has 3 unspecified atom stereocenters. The summed E-state index contributed by atoms with van der Waals surface area (Å²) in [5.74, 6) is 0.436. The Hall–Kier alpha value is -0.910. The zero-order valence-electron chi connectivity index (χ0n) is 13.1. The number of likely N-dealkylation sites (tertiary alicyclic amines) is 1. The highest BCUT2D eigenvalue weighted by Crippen LogP contribution is 2.27. The number of hydrogen-bond acceptors (Lipinski definition) is 4. The van der Waals surface area contributed by atoms with E-state index in [0.717, 1.165) is 31.9 Å². The molecule has 0 aromatic carbocycles. The highest BCUT2D eigenvalue weighted by atomic mass is 16.5. The van der Waals surface area contributed by atoms with Crippen LogP contribution in [0, 0.1) is 5.92 Å². The standard InChI is InChI=1S/C16H28N4O/c1-13(19-6-3-2-4-7-19)10-20-12-18-9-15(20)16(17)14-5-8-21-11-14/h9,12-14,16H,2-8,10-11,17H2,1H3. The summed E-state index contributed by atoms with van der Waals surface area (Å²) < 4.78 is 7.73. The second-order valence-corrected chi connectivity index (χ2v) is 6.57. The van der Waals surface area contributed by atoms with Gasteiger partial charge in [0.1, 0.15) is 0 Å². The number of ether oxygens (including phenoxy) is 1. The maximum absolute atomic E-state index is 6.45. The fourth-order valence-electron chi connectivity index (χ4n) is 3.60. The number of piperidine rings is 1. The van der Waals surface area contributed by atoms with Crippen LogP contribution in [0.5, 0.6) is 0 Å². The van der Waals surface area contributed by atoms with Gasteiger partial charge in [0.15, 0.2) is 0 Å². The lowest BCUT2D eigenvalue weighted by Gasteiger charge is -2.33. The lowest BCUT2D eigenvalue weighted by molar-refractivity contribution is 0.157. The van der Waals surface area contributed by atoms with Crippen molar-refractivity contribution >= 4 is 0 Å². The molecule has 0 aliphatic carbocycles. The highest BCUT2D eigenvalue weighted by molar-refractivity contribution is 5.07. The molecule has 0 radical (unpaired) electrons. The number of hydrogen-bond donors (Lipinski definition) is 1. The molecule has 3 rings (SSSR count). The highest BCUT2D eigenvalue weighted by Gasteiger charge is 2.27. The van der Waals surface area contributed by atoms with E-state index in [4.69, 9.17) is 10.5 Å². The largest absolute Gasteiger partial charge is 0.381 e. The zero-order chi connectivity index (χ0) is 14.7. The van der Waals surface area contributed by atoms with Crippen LogP contribution < -0.4 is 5.73 Å². The first-order valence-electron chi connectivity index (χ1n) is 8.33. The van der Waals surface area contributed by atoms with Gasteiger partial charge in [-0.2, -0.15) is 0 Å². The van der Waals surface area contributed by atoms with Gasteiger partial charge in [-0.05, 0) is 39.3 Å². The van der Waals surface area contributed by atoms with E-state index in [0.29, 0.717) is 12.0 Å². The Morgan fingerprint density at radius 2 is 2.19 bits per heavy atom. The summed E-state index contributed by atoms with van der Waals surface area (Å²) in [7, 11) is 0. The summed E-state index contributed by atoms with van der Waals surface area (Å²) in [5.41, 5.74) is 7.61. The maximum Gasteiger partial charge on any atom is 0.0949 e. The van der Waals surface area contributed by atoms with Gasteiger partial charge in [-0.3, -0.25) is 4.90 Å². The fraction of sp³-hybridized carbons (Fsp3) is 0.812. The minimum Gasteiger partial charge on any atom is -0.381 e. The molecule has 2 aliphatic heterocycles. The smallest absolute Gasteiger partial charge is 0.0949 e. The van der Waals surface area contributed by atoms with E-state index in [-0.39, 0.29) is 6.04 Å². The zero-order valence-corrected chi connectivity index (χ0v) is 13.1. The van der Waals surface area contributed by atoms with Crippen molar-refractivity contribution in [3.63, 3.8) is 0 Å². The first-order chi connectivity index (χ1) is 10.3. The van der Waals surface area contributed by atoms with E-state index in [1.54, 1.807) is 0 Å².